The monoisotopic (exact) mass is 517 g/mol. The van der Waals surface area contributed by atoms with Crippen molar-refractivity contribution in [3.05, 3.63) is 77.7 Å². The number of nitrogens with two attached hydrogens (primary N) is 1. The molecule has 0 unspecified atom stereocenters. The van der Waals surface area contributed by atoms with Gasteiger partial charge in [0.15, 0.2) is 5.82 Å². The standard InChI is InChI=1S/C24H26F3N7OS/c1-14(36-23(2,3)4)30-20(13-19(28)29)35-18-10-8-15(9-11-18)21-32-22(34-33-21)31-17-7-5-6-16(12-17)24(25,26)27/h5-13,30H,1H2,2-4H3,(H3,28,29)(H2,31,32,33,34). The summed E-state index contributed by atoms with van der Waals surface area (Å²) in [5.74, 6) is 1.04. The first kappa shape index (κ1) is 26.7. The van der Waals surface area contributed by atoms with Gasteiger partial charge in [0.2, 0.25) is 11.8 Å². The SMILES string of the molecule is C=C(NC(=CC(=N)N)Oc1ccc(-c2nc(Nc3cccc(C(F)(F)F)c3)n[nH]2)cc1)SC(C)(C)C. The fourth-order valence-electron chi connectivity index (χ4n) is 2.92. The van der Waals surface area contributed by atoms with Crippen molar-refractivity contribution in [2.24, 2.45) is 5.73 Å². The third-order valence-corrected chi connectivity index (χ3v) is 5.23. The Bertz CT molecular complexity index is 1260. The number of hydrogen-bond donors (Lipinski definition) is 5. The van der Waals surface area contributed by atoms with Crippen LogP contribution in [0, 0.1) is 5.41 Å². The number of nitrogens with zero attached hydrogens (tertiary/aromatic N) is 2. The van der Waals surface area contributed by atoms with Gasteiger partial charge in [-0.2, -0.15) is 18.2 Å². The van der Waals surface area contributed by atoms with Crippen LogP contribution in [-0.2, 0) is 6.18 Å². The van der Waals surface area contributed by atoms with Crippen LogP contribution in [0.2, 0.25) is 0 Å². The number of aromatic amines is 1. The predicted molar refractivity (Wildman–Crippen MR) is 137 cm³/mol. The zero-order valence-corrected chi connectivity index (χ0v) is 20.6. The molecule has 2 aromatic carbocycles. The molecule has 0 radical (unpaired) electrons. The third kappa shape index (κ3) is 8.08. The molecule has 0 spiro atoms. The summed E-state index contributed by atoms with van der Waals surface area (Å²) in [7, 11) is 0. The van der Waals surface area contributed by atoms with Crippen LogP contribution in [0.4, 0.5) is 24.8 Å². The van der Waals surface area contributed by atoms with Gasteiger partial charge in [0, 0.05) is 22.1 Å². The number of aromatic nitrogens is 3. The number of anilines is 2. The third-order valence-electron chi connectivity index (χ3n) is 4.27. The smallest absolute Gasteiger partial charge is 0.416 e. The Morgan fingerprint density at radius 2 is 1.86 bits per heavy atom. The molecule has 0 aliphatic carbocycles. The highest BCUT2D eigenvalue weighted by Crippen LogP contribution is 2.32. The van der Waals surface area contributed by atoms with E-state index in [2.05, 4.69) is 32.4 Å². The number of halogens is 3. The van der Waals surface area contributed by atoms with Gasteiger partial charge in [-0.15, -0.1) is 16.9 Å². The molecule has 190 valence electrons. The van der Waals surface area contributed by atoms with E-state index in [1.54, 1.807) is 24.3 Å². The first-order valence-electron chi connectivity index (χ1n) is 10.6. The summed E-state index contributed by atoms with van der Waals surface area (Å²) < 4.78 is 44.5. The Labute approximate surface area is 210 Å². The molecule has 36 heavy (non-hydrogen) atoms. The molecule has 0 aliphatic heterocycles. The molecular weight excluding hydrogens is 491 g/mol. The Morgan fingerprint density at radius 3 is 2.47 bits per heavy atom. The Hall–Kier alpha value is -3.93. The molecule has 0 aliphatic rings. The minimum Gasteiger partial charge on any atom is -0.441 e. The van der Waals surface area contributed by atoms with Gasteiger partial charge in [-0.1, -0.05) is 33.4 Å². The molecule has 0 saturated carbocycles. The van der Waals surface area contributed by atoms with Crippen LogP contribution in [0.1, 0.15) is 26.3 Å². The largest absolute Gasteiger partial charge is 0.441 e. The lowest BCUT2D eigenvalue weighted by Gasteiger charge is -2.21. The number of ether oxygens (including phenoxy) is 1. The molecular formula is C24H26F3N7OS. The quantitative estimate of drug-likeness (QED) is 0.134. The average molecular weight is 518 g/mol. The first-order chi connectivity index (χ1) is 16.8. The molecule has 1 aromatic heterocycles. The Morgan fingerprint density at radius 1 is 1.17 bits per heavy atom. The van der Waals surface area contributed by atoms with Crippen molar-refractivity contribution >= 4 is 29.2 Å². The Kier molecular flexibility index (Phi) is 7.98. The van der Waals surface area contributed by atoms with E-state index in [0.29, 0.717) is 22.2 Å². The normalized spacial score (nSPS) is 12.2. The highest BCUT2D eigenvalue weighted by Gasteiger charge is 2.30. The van der Waals surface area contributed by atoms with Crippen molar-refractivity contribution in [1.29, 1.82) is 5.41 Å². The average Bonchev–Trinajstić information content (AvgIpc) is 3.20. The van der Waals surface area contributed by atoms with E-state index in [0.717, 1.165) is 12.1 Å². The van der Waals surface area contributed by atoms with Crippen molar-refractivity contribution in [3.8, 4) is 17.1 Å². The number of nitrogens with one attached hydrogen (secondary N) is 4. The number of alkyl halides is 3. The van der Waals surface area contributed by atoms with Gasteiger partial charge < -0.3 is 21.1 Å². The maximum Gasteiger partial charge on any atom is 0.416 e. The number of rotatable bonds is 9. The van der Waals surface area contributed by atoms with Gasteiger partial charge in [-0.25, -0.2) is 0 Å². The summed E-state index contributed by atoms with van der Waals surface area (Å²) in [6.07, 6.45) is -3.11. The molecule has 0 saturated heterocycles. The molecule has 3 aromatic rings. The minimum atomic E-state index is -4.45. The number of H-pyrrole nitrogens is 1. The Balaban J connectivity index is 1.69. The second-order valence-electron chi connectivity index (χ2n) is 8.56. The lowest BCUT2D eigenvalue weighted by Crippen LogP contribution is -2.21. The molecule has 0 atom stereocenters. The number of hydrogen-bond acceptors (Lipinski definition) is 7. The summed E-state index contributed by atoms with van der Waals surface area (Å²) in [4.78, 5) is 4.29. The second kappa shape index (κ2) is 10.8. The minimum absolute atomic E-state index is 0.0705. The first-order valence-corrected chi connectivity index (χ1v) is 11.5. The highest BCUT2D eigenvalue weighted by molar-refractivity contribution is 8.04. The second-order valence-corrected chi connectivity index (χ2v) is 10.5. The van der Waals surface area contributed by atoms with Gasteiger partial charge in [-0.3, -0.25) is 10.5 Å². The van der Waals surface area contributed by atoms with Crippen LogP contribution in [0.15, 0.2) is 72.1 Å². The number of amidine groups is 1. The van der Waals surface area contributed by atoms with Gasteiger partial charge in [0.05, 0.1) is 10.6 Å². The van der Waals surface area contributed by atoms with Crippen LogP contribution >= 0.6 is 11.8 Å². The summed E-state index contributed by atoms with van der Waals surface area (Å²) in [5, 5.41) is 20.7. The van der Waals surface area contributed by atoms with Crippen molar-refractivity contribution < 1.29 is 17.9 Å². The van der Waals surface area contributed by atoms with Crippen molar-refractivity contribution in [2.75, 3.05) is 5.32 Å². The predicted octanol–water partition coefficient (Wildman–Crippen LogP) is 5.98. The summed E-state index contributed by atoms with van der Waals surface area (Å²) >= 11 is 1.51. The molecule has 3 rings (SSSR count). The van der Waals surface area contributed by atoms with E-state index < -0.39 is 11.7 Å². The van der Waals surface area contributed by atoms with Crippen LogP contribution < -0.4 is 21.1 Å². The molecule has 8 nitrogen and oxygen atoms in total. The van der Waals surface area contributed by atoms with Crippen LogP contribution in [0.3, 0.4) is 0 Å². The van der Waals surface area contributed by atoms with Crippen molar-refractivity contribution in [3.63, 3.8) is 0 Å². The maximum atomic E-state index is 12.9. The van der Waals surface area contributed by atoms with Crippen LogP contribution in [-0.4, -0.2) is 25.8 Å². The summed E-state index contributed by atoms with van der Waals surface area (Å²) in [6.45, 7) is 10.1. The van der Waals surface area contributed by atoms with Gasteiger partial charge in [0.25, 0.3) is 0 Å². The topological polar surface area (TPSA) is 125 Å². The molecule has 12 heteroatoms. The van der Waals surface area contributed by atoms with E-state index in [9.17, 15) is 13.2 Å². The summed E-state index contributed by atoms with van der Waals surface area (Å²) in [6, 6.07) is 11.6. The molecule has 6 N–H and O–H groups in total. The maximum absolute atomic E-state index is 12.9. The summed E-state index contributed by atoms with van der Waals surface area (Å²) in [5.41, 5.74) is 5.62. The van der Waals surface area contributed by atoms with E-state index >= 15 is 0 Å². The lowest BCUT2D eigenvalue weighted by molar-refractivity contribution is -0.137. The van der Waals surface area contributed by atoms with E-state index in [1.165, 1.54) is 30.0 Å². The fraction of sp³-hybridized carbons (Fsp3) is 0.208. The van der Waals surface area contributed by atoms with E-state index in [-0.39, 0.29) is 28.1 Å². The molecule has 0 amide bonds. The molecule has 0 fully saturated rings. The van der Waals surface area contributed by atoms with Crippen molar-refractivity contribution in [2.45, 2.75) is 31.7 Å². The number of benzene rings is 2. The molecule has 1 heterocycles. The lowest BCUT2D eigenvalue weighted by atomic mass is 10.2. The van der Waals surface area contributed by atoms with Crippen LogP contribution in [0.25, 0.3) is 11.4 Å². The zero-order valence-electron chi connectivity index (χ0n) is 19.8. The van der Waals surface area contributed by atoms with Gasteiger partial charge >= 0.3 is 6.18 Å². The number of thioether (sulfide) groups is 1. The van der Waals surface area contributed by atoms with E-state index in [4.69, 9.17) is 15.9 Å². The van der Waals surface area contributed by atoms with Crippen LogP contribution in [0.5, 0.6) is 5.75 Å². The fourth-order valence-corrected chi connectivity index (χ4v) is 3.81. The van der Waals surface area contributed by atoms with Gasteiger partial charge in [-0.05, 0) is 42.5 Å². The zero-order chi connectivity index (χ0) is 26.5. The van der Waals surface area contributed by atoms with Crippen molar-refractivity contribution in [1.82, 2.24) is 20.5 Å². The van der Waals surface area contributed by atoms with E-state index in [1.807, 2.05) is 20.8 Å². The van der Waals surface area contributed by atoms with Gasteiger partial charge in [0.1, 0.15) is 11.6 Å². The highest BCUT2D eigenvalue weighted by atomic mass is 32.2. The molecule has 0 bridgehead atoms.